The molecule has 120 valence electrons. The Bertz CT molecular complexity index is 420. The number of carbonyl (C=O) groups is 2. The van der Waals surface area contributed by atoms with E-state index in [4.69, 9.17) is 5.11 Å². The molecule has 3 amide bonds. The van der Waals surface area contributed by atoms with Crippen molar-refractivity contribution in [3.8, 4) is 0 Å². The Kier molecular flexibility index (Phi) is 5.03. The summed E-state index contributed by atoms with van der Waals surface area (Å²) in [6.45, 7) is 4.52. The summed E-state index contributed by atoms with van der Waals surface area (Å²) in [5, 5.41) is 17.8. The molecule has 0 aromatic rings. The van der Waals surface area contributed by atoms with Crippen molar-refractivity contribution < 1.29 is 14.7 Å². The summed E-state index contributed by atoms with van der Waals surface area (Å²) < 4.78 is 0. The van der Waals surface area contributed by atoms with Crippen LogP contribution in [0.2, 0.25) is 0 Å². The maximum atomic E-state index is 11.6. The molecule has 0 aliphatic carbocycles. The second kappa shape index (κ2) is 6.44. The van der Waals surface area contributed by atoms with Gasteiger partial charge in [-0.05, 0) is 26.7 Å². The zero-order valence-corrected chi connectivity index (χ0v) is 13.5. The zero-order chi connectivity index (χ0) is 15.5. The van der Waals surface area contributed by atoms with E-state index in [-0.39, 0.29) is 29.6 Å². The Morgan fingerprint density at radius 3 is 2.90 bits per heavy atom. The number of rotatable bonds is 7. The van der Waals surface area contributed by atoms with Crippen molar-refractivity contribution >= 4 is 23.7 Å². The molecule has 0 spiro atoms. The first-order valence-electron chi connectivity index (χ1n) is 7.51. The lowest BCUT2D eigenvalue weighted by Crippen LogP contribution is -2.58. The van der Waals surface area contributed by atoms with Crippen molar-refractivity contribution in [1.29, 1.82) is 0 Å². The van der Waals surface area contributed by atoms with Crippen molar-refractivity contribution in [3.63, 3.8) is 0 Å². The molecule has 3 atom stereocenters. The van der Waals surface area contributed by atoms with Gasteiger partial charge in [-0.1, -0.05) is 6.42 Å². The van der Waals surface area contributed by atoms with E-state index in [0.717, 1.165) is 25.0 Å². The molecule has 2 saturated heterocycles. The number of fused-ring (bicyclic) bond motifs is 1. The van der Waals surface area contributed by atoms with Crippen LogP contribution < -0.4 is 16.0 Å². The zero-order valence-electron chi connectivity index (χ0n) is 12.7. The maximum Gasteiger partial charge on any atom is 0.315 e. The van der Waals surface area contributed by atoms with Crippen LogP contribution in [0.4, 0.5) is 4.79 Å². The van der Waals surface area contributed by atoms with E-state index >= 15 is 0 Å². The number of hydrogen-bond donors (Lipinski definition) is 4. The van der Waals surface area contributed by atoms with Gasteiger partial charge in [0.1, 0.15) is 0 Å². The average molecular weight is 315 g/mol. The summed E-state index contributed by atoms with van der Waals surface area (Å²) in [4.78, 5) is 23.1. The molecule has 2 aliphatic heterocycles. The van der Waals surface area contributed by atoms with E-state index in [1.807, 2.05) is 11.8 Å². The molecule has 0 bridgehead atoms. The summed E-state index contributed by atoms with van der Waals surface area (Å²) in [5.74, 6) is 0.916. The minimum atomic E-state index is -0.214. The first kappa shape index (κ1) is 16.4. The van der Waals surface area contributed by atoms with Gasteiger partial charge in [0, 0.05) is 24.0 Å². The quantitative estimate of drug-likeness (QED) is 0.409. The highest BCUT2D eigenvalue weighted by Crippen LogP contribution is 2.47. The number of unbranched alkanes of at least 4 members (excludes halogenated alkanes) is 1. The maximum absolute atomic E-state index is 11.6. The van der Waals surface area contributed by atoms with Crippen LogP contribution in [0.1, 0.15) is 39.5 Å². The van der Waals surface area contributed by atoms with Gasteiger partial charge < -0.3 is 21.1 Å². The van der Waals surface area contributed by atoms with Gasteiger partial charge in [-0.25, -0.2) is 4.79 Å². The van der Waals surface area contributed by atoms with Crippen molar-refractivity contribution in [2.75, 3.05) is 18.9 Å². The molecular weight excluding hydrogens is 290 g/mol. The number of urea groups is 1. The molecule has 21 heavy (non-hydrogen) atoms. The first-order chi connectivity index (χ1) is 9.91. The molecule has 4 N–H and O–H groups in total. The summed E-state index contributed by atoms with van der Waals surface area (Å²) in [5.41, 5.74) is -0.397. The van der Waals surface area contributed by atoms with E-state index in [2.05, 4.69) is 29.8 Å². The van der Waals surface area contributed by atoms with Gasteiger partial charge in [0.2, 0.25) is 5.91 Å². The highest BCUT2D eigenvalue weighted by molar-refractivity contribution is 8.00. The monoisotopic (exact) mass is 315 g/mol. The lowest BCUT2D eigenvalue weighted by molar-refractivity contribution is -0.121. The fourth-order valence-electron chi connectivity index (χ4n) is 3.11. The Hall–Kier alpha value is -0.950. The standard InChI is InChI=1S/C14H25N3O3S/c1-13-9-21-10(14(13,2)17-12(20)16-13)5-3-4-6-11(19)15-7-8-18/h10,18H,3-9H2,1-2H3,(H,15,19)(H2,16,17,20)/t10?,13-,14+/m1/s1. The number of aliphatic hydroxyl groups excluding tert-OH is 1. The first-order valence-corrected chi connectivity index (χ1v) is 8.56. The minimum Gasteiger partial charge on any atom is -0.395 e. The van der Waals surface area contributed by atoms with Crippen LogP contribution in [0, 0.1) is 0 Å². The summed E-state index contributed by atoms with van der Waals surface area (Å²) in [7, 11) is 0. The lowest BCUT2D eigenvalue weighted by Gasteiger charge is -2.35. The predicted molar refractivity (Wildman–Crippen MR) is 83.3 cm³/mol. The number of thioether (sulfide) groups is 1. The largest absolute Gasteiger partial charge is 0.395 e. The number of nitrogens with one attached hydrogen (secondary N) is 3. The van der Waals surface area contributed by atoms with E-state index < -0.39 is 0 Å². The van der Waals surface area contributed by atoms with E-state index in [1.54, 1.807) is 0 Å². The molecule has 0 aromatic carbocycles. The Labute approximate surface area is 129 Å². The SMILES string of the molecule is C[C@@]12CSC(CCCCC(=O)NCCO)[C@]1(C)NC(=O)N2. The molecule has 2 rings (SSSR count). The van der Waals surface area contributed by atoms with Crippen molar-refractivity contribution in [2.45, 2.75) is 55.9 Å². The summed E-state index contributed by atoms with van der Waals surface area (Å²) in [6, 6.07) is -0.0753. The Morgan fingerprint density at radius 2 is 2.19 bits per heavy atom. The molecule has 2 aliphatic rings. The number of carbonyl (C=O) groups excluding carboxylic acids is 2. The average Bonchev–Trinajstić information content (AvgIpc) is 2.78. The molecule has 1 unspecified atom stereocenters. The van der Waals surface area contributed by atoms with Gasteiger partial charge >= 0.3 is 6.03 Å². The third-order valence-corrected chi connectivity index (χ3v) is 6.53. The second-order valence-corrected chi connectivity index (χ2v) is 7.42. The van der Waals surface area contributed by atoms with Crippen LogP contribution in [0.5, 0.6) is 0 Å². The summed E-state index contributed by atoms with van der Waals surface area (Å²) in [6.07, 6.45) is 3.29. The molecule has 0 saturated carbocycles. The smallest absolute Gasteiger partial charge is 0.315 e. The molecule has 2 fully saturated rings. The van der Waals surface area contributed by atoms with E-state index in [9.17, 15) is 9.59 Å². The molecule has 2 heterocycles. The molecular formula is C14H25N3O3S. The highest BCUT2D eigenvalue weighted by atomic mass is 32.2. The normalized spacial score (nSPS) is 34.2. The van der Waals surface area contributed by atoms with Gasteiger partial charge in [-0.3, -0.25) is 4.79 Å². The van der Waals surface area contributed by atoms with Crippen molar-refractivity contribution in [1.82, 2.24) is 16.0 Å². The predicted octanol–water partition coefficient (Wildman–Crippen LogP) is 0.601. The van der Waals surface area contributed by atoms with Crippen LogP contribution in [0.15, 0.2) is 0 Å². The highest BCUT2D eigenvalue weighted by Gasteiger charge is 2.60. The summed E-state index contributed by atoms with van der Waals surface area (Å²) >= 11 is 1.90. The van der Waals surface area contributed by atoms with Crippen LogP contribution in [-0.2, 0) is 4.79 Å². The van der Waals surface area contributed by atoms with Gasteiger partial charge in [-0.2, -0.15) is 11.8 Å². The lowest BCUT2D eigenvalue weighted by atomic mass is 9.79. The molecule has 0 aromatic heterocycles. The van der Waals surface area contributed by atoms with Gasteiger partial charge in [0.15, 0.2) is 0 Å². The molecule has 6 nitrogen and oxygen atoms in total. The van der Waals surface area contributed by atoms with E-state index in [1.165, 1.54) is 0 Å². The topological polar surface area (TPSA) is 90.5 Å². The molecule has 7 heteroatoms. The van der Waals surface area contributed by atoms with Crippen molar-refractivity contribution in [3.05, 3.63) is 0 Å². The van der Waals surface area contributed by atoms with Crippen LogP contribution in [-0.4, -0.2) is 52.3 Å². The van der Waals surface area contributed by atoms with Gasteiger partial charge in [0.05, 0.1) is 17.7 Å². The van der Waals surface area contributed by atoms with Crippen LogP contribution in [0.3, 0.4) is 0 Å². The van der Waals surface area contributed by atoms with Crippen LogP contribution in [0.25, 0.3) is 0 Å². The second-order valence-electron chi connectivity index (χ2n) is 6.23. The minimum absolute atomic E-state index is 0.00462. The number of amides is 3. The third-order valence-electron chi connectivity index (χ3n) is 4.68. The van der Waals surface area contributed by atoms with Gasteiger partial charge in [-0.15, -0.1) is 0 Å². The van der Waals surface area contributed by atoms with Gasteiger partial charge in [0.25, 0.3) is 0 Å². The van der Waals surface area contributed by atoms with Crippen LogP contribution >= 0.6 is 11.8 Å². The van der Waals surface area contributed by atoms with E-state index in [0.29, 0.717) is 18.2 Å². The number of hydrogen-bond acceptors (Lipinski definition) is 4. The molecule has 0 radical (unpaired) electrons. The Balaban J connectivity index is 1.75. The fourth-order valence-corrected chi connectivity index (χ4v) is 5.00. The van der Waals surface area contributed by atoms with Crippen molar-refractivity contribution in [2.24, 2.45) is 0 Å². The number of aliphatic hydroxyl groups is 1. The fraction of sp³-hybridized carbons (Fsp3) is 0.857. The Morgan fingerprint density at radius 1 is 1.43 bits per heavy atom. The third kappa shape index (κ3) is 3.29.